The first kappa shape index (κ1) is 36.8. The van der Waals surface area contributed by atoms with Crippen molar-refractivity contribution in [2.75, 3.05) is 0 Å². The molecule has 0 saturated carbocycles. The molecule has 1 heterocycles. The molecule has 0 aliphatic rings. The van der Waals surface area contributed by atoms with E-state index in [9.17, 15) is 14.3 Å². The number of carbonyl (C=O) groups excluding carboxylic acids is 1. The molecule has 4 aromatic rings. The number of carbonyl (C=O) groups is 1. The molecule has 1 radical (unpaired) electrons. The molecule has 233 valence electrons. The largest absolute Gasteiger partial charge is 0 e. The number of allylic oxidation sites excluding steroid dienone is 2. The van der Waals surface area contributed by atoms with E-state index in [1.54, 1.807) is 12.4 Å². The number of aliphatic hydroxyl groups is 1. The number of benzene rings is 3. The molecule has 0 amide bonds. The fourth-order valence-corrected chi connectivity index (χ4v) is 8.35. The van der Waals surface area contributed by atoms with Crippen molar-refractivity contribution in [1.82, 2.24) is 9.97 Å². The van der Waals surface area contributed by atoms with Crippen molar-refractivity contribution in [2.45, 2.75) is 84.5 Å². The molecule has 0 atom stereocenters. The zero-order chi connectivity index (χ0) is 31.3. The number of ketones is 1. The number of rotatable bonds is 9. The van der Waals surface area contributed by atoms with Gasteiger partial charge >= 0.3 is 149 Å². The van der Waals surface area contributed by atoms with E-state index >= 15 is 0 Å². The third-order valence-electron chi connectivity index (χ3n) is 9.09. The Bertz CT molecular complexity index is 1570. The summed E-state index contributed by atoms with van der Waals surface area (Å²) in [6.07, 6.45) is 6.35. The summed E-state index contributed by atoms with van der Waals surface area (Å²) in [5.41, 5.74) is 1.94. The average Bonchev–Trinajstić information content (AvgIpc) is 2.99. The van der Waals surface area contributed by atoms with E-state index in [2.05, 4.69) is 63.6 Å². The van der Waals surface area contributed by atoms with Crippen LogP contribution in [0, 0.1) is 22.7 Å². The molecule has 0 bridgehead atoms. The first-order valence-corrected chi connectivity index (χ1v) is 22.4. The summed E-state index contributed by atoms with van der Waals surface area (Å²) < 4.78 is 14.7. The zero-order valence-corrected chi connectivity index (χ0v) is 31.6. The van der Waals surface area contributed by atoms with Crippen LogP contribution in [0.15, 0.2) is 66.7 Å². The summed E-state index contributed by atoms with van der Waals surface area (Å²) in [7, 11) is 0. The maximum Gasteiger partial charge on any atom is 0 e. The molecule has 0 spiro atoms. The van der Waals surface area contributed by atoms with Crippen molar-refractivity contribution in [2.24, 2.45) is 10.8 Å². The van der Waals surface area contributed by atoms with E-state index in [1.165, 1.54) is 33.4 Å². The van der Waals surface area contributed by atoms with Crippen LogP contribution in [-0.2, 0) is 24.9 Å². The van der Waals surface area contributed by atoms with Crippen molar-refractivity contribution in [3.63, 3.8) is 0 Å². The maximum atomic E-state index is 13.3. The molecule has 0 unspecified atom stereocenters. The van der Waals surface area contributed by atoms with Crippen LogP contribution in [0.1, 0.15) is 67.2 Å². The second kappa shape index (κ2) is 15.1. The molecular formula is C36H46FGeIrN2O2-. The van der Waals surface area contributed by atoms with Crippen molar-refractivity contribution < 1.29 is 34.4 Å². The molecule has 3 aromatic carbocycles. The predicted octanol–water partition coefficient (Wildman–Crippen LogP) is 9.58. The molecule has 43 heavy (non-hydrogen) atoms. The van der Waals surface area contributed by atoms with Gasteiger partial charge in [0, 0.05) is 37.0 Å². The first-order valence-electron chi connectivity index (χ1n) is 15.0. The molecule has 4 rings (SSSR count). The Balaban J connectivity index is 0.000000318. The van der Waals surface area contributed by atoms with E-state index in [1.807, 2.05) is 41.5 Å². The normalized spacial score (nSPS) is 12.5. The molecule has 1 aromatic heterocycles. The number of hydrogen-bond acceptors (Lipinski definition) is 4. The number of nitrogens with zero attached hydrogens (tertiary/aromatic N) is 2. The van der Waals surface area contributed by atoms with Crippen LogP contribution >= 0.6 is 0 Å². The van der Waals surface area contributed by atoms with Gasteiger partial charge in [-0.3, -0.25) is 4.79 Å². The van der Waals surface area contributed by atoms with Gasteiger partial charge in [-0.2, -0.15) is 0 Å². The second-order valence-corrected chi connectivity index (χ2v) is 23.3. The number of halogens is 1. The summed E-state index contributed by atoms with van der Waals surface area (Å²) in [6, 6.07) is 18.2. The van der Waals surface area contributed by atoms with Gasteiger partial charge in [0.2, 0.25) is 0 Å². The van der Waals surface area contributed by atoms with Gasteiger partial charge in [0.15, 0.2) is 5.78 Å². The van der Waals surface area contributed by atoms with E-state index in [4.69, 9.17) is 0 Å². The summed E-state index contributed by atoms with van der Waals surface area (Å²) in [5.74, 6) is 7.17. The minimum atomic E-state index is -2.08. The van der Waals surface area contributed by atoms with Crippen LogP contribution in [0.5, 0.6) is 0 Å². The smallest absolute Gasteiger partial charge is 0 e. The topological polar surface area (TPSA) is 63.1 Å². The van der Waals surface area contributed by atoms with E-state index in [-0.39, 0.29) is 48.3 Å². The van der Waals surface area contributed by atoms with Crippen molar-refractivity contribution in [3.8, 4) is 11.3 Å². The molecule has 0 aliphatic heterocycles. The number of aromatic nitrogens is 2. The molecule has 0 saturated heterocycles. The van der Waals surface area contributed by atoms with Gasteiger partial charge in [0.05, 0.1) is 0 Å². The maximum absolute atomic E-state index is 13.3. The fraction of sp³-hybridized carbons (Fsp3) is 0.417. The Morgan fingerprint density at radius 3 is 2.09 bits per heavy atom. The zero-order valence-electron chi connectivity index (χ0n) is 27.1. The Morgan fingerprint density at radius 2 is 1.56 bits per heavy atom. The minimum Gasteiger partial charge on any atom is 0 e. The van der Waals surface area contributed by atoms with Gasteiger partial charge in [0.1, 0.15) is 5.76 Å². The summed E-state index contributed by atoms with van der Waals surface area (Å²) in [5, 5.41) is 13.6. The third-order valence-corrected chi connectivity index (χ3v) is 13.4. The van der Waals surface area contributed by atoms with Crippen LogP contribution in [0.4, 0.5) is 4.39 Å². The van der Waals surface area contributed by atoms with Crippen molar-refractivity contribution in [3.05, 3.63) is 78.6 Å². The van der Waals surface area contributed by atoms with E-state index in [0.717, 1.165) is 47.8 Å². The predicted molar refractivity (Wildman–Crippen MR) is 177 cm³/mol. The van der Waals surface area contributed by atoms with Crippen LogP contribution in [0.3, 0.4) is 0 Å². The summed E-state index contributed by atoms with van der Waals surface area (Å²) in [4.78, 5) is 21.3. The Kier molecular flexibility index (Phi) is 12.9. The van der Waals surface area contributed by atoms with E-state index < -0.39 is 13.3 Å². The van der Waals surface area contributed by atoms with Gasteiger partial charge in [-0.1, -0.05) is 41.5 Å². The van der Waals surface area contributed by atoms with Gasteiger partial charge < -0.3 is 5.11 Å². The third kappa shape index (κ3) is 8.20. The van der Waals surface area contributed by atoms with Gasteiger partial charge in [-0.15, -0.1) is 0 Å². The fourth-order valence-electron chi connectivity index (χ4n) is 4.98. The Morgan fingerprint density at radius 1 is 0.930 bits per heavy atom. The Hall–Kier alpha value is -2.41. The van der Waals surface area contributed by atoms with Gasteiger partial charge in [-0.25, -0.2) is 0 Å². The SMILES string of the molecule is CCC(C)(CC)C(=O)/C=C(\O)C(C)(CC)CC.[CH3][Ge]([CH3])([CH3])[c]1cccc2ccc3c(-c4[c-]cc(F)cc4)ncnc3c12.[Ir]. The van der Waals surface area contributed by atoms with Crippen molar-refractivity contribution >= 4 is 45.1 Å². The van der Waals surface area contributed by atoms with Crippen LogP contribution < -0.4 is 4.40 Å². The first-order chi connectivity index (χ1) is 19.7. The summed E-state index contributed by atoms with van der Waals surface area (Å²) in [6.45, 7) is 12.1. The number of aliphatic hydroxyl groups excluding tert-OH is 1. The quantitative estimate of drug-likeness (QED) is 0.0601. The molecule has 4 nitrogen and oxygen atoms in total. The molecular weight excluding hydrogens is 776 g/mol. The van der Waals surface area contributed by atoms with Crippen LogP contribution in [0.2, 0.25) is 17.3 Å². The molecule has 0 fully saturated rings. The van der Waals surface area contributed by atoms with Gasteiger partial charge in [-0.05, 0) is 25.7 Å². The van der Waals surface area contributed by atoms with Gasteiger partial charge in [0.25, 0.3) is 0 Å². The van der Waals surface area contributed by atoms with Crippen LogP contribution in [-0.4, -0.2) is 34.1 Å². The summed E-state index contributed by atoms with van der Waals surface area (Å²) >= 11 is -2.08. The van der Waals surface area contributed by atoms with Crippen molar-refractivity contribution in [1.29, 1.82) is 0 Å². The molecule has 7 heteroatoms. The average molecular weight is 823 g/mol. The van der Waals surface area contributed by atoms with Crippen LogP contribution in [0.25, 0.3) is 32.9 Å². The number of fused-ring (bicyclic) bond motifs is 3. The second-order valence-electron chi connectivity index (χ2n) is 12.7. The standard InChI is InChI=1S/C21H18FGeN2.C15H28O2.Ir/c1-23(2,3)18-6-4-5-14-9-12-17-20(15-7-10-16(22)11-8-15)24-13-25-21(17)19(14)18;1-7-14(5,8-2)12(16)11-13(17)15(6,9-3)10-4;/h4-7,9-13H,1-3H3;11,16H,7-10H2,1-6H3;/q-1;;/b;12-11-;. The minimum absolute atomic E-state index is 0. The van der Waals surface area contributed by atoms with E-state index in [0.29, 0.717) is 0 Å². The molecule has 0 aliphatic carbocycles. The number of hydrogen-bond donors (Lipinski definition) is 1. The molecule has 1 N–H and O–H groups in total. The Labute approximate surface area is 273 Å². The monoisotopic (exact) mass is 824 g/mol.